The van der Waals surface area contributed by atoms with Crippen LogP contribution in [0.25, 0.3) is 0 Å². The smallest absolute Gasteiger partial charge is 0.313 e. The number of rotatable bonds is 7. The summed E-state index contributed by atoms with van der Waals surface area (Å²) in [5.74, 6) is -3.17. The van der Waals surface area contributed by atoms with Gasteiger partial charge in [-0.15, -0.1) is 0 Å². The van der Waals surface area contributed by atoms with Crippen LogP contribution in [0, 0.1) is 11.8 Å². The molecule has 7 heteroatoms. The molecule has 1 aliphatic carbocycles. The second-order valence-corrected chi connectivity index (χ2v) is 7.78. The van der Waals surface area contributed by atoms with Crippen molar-refractivity contribution in [1.29, 1.82) is 0 Å². The fourth-order valence-electron chi connectivity index (χ4n) is 4.09. The van der Waals surface area contributed by atoms with Crippen LogP contribution in [0.2, 0.25) is 0 Å². The Labute approximate surface area is 175 Å². The summed E-state index contributed by atoms with van der Waals surface area (Å²) >= 11 is 0. The van der Waals surface area contributed by atoms with Crippen LogP contribution in [0.15, 0.2) is 59.9 Å². The average molecular weight is 414 g/mol. The lowest BCUT2D eigenvalue weighted by atomic mass is 9.68. The fraction of sp³-hybridized carbons (Fsp3) is 0.435. The number of aliphatic hydroxyl groups excluding tert-OH is 2. The number of aliphatic hydroxyl groups is 2. The van der Waals surface area contributed by atoms with Crippen molar-refractivity contribution in [2.75, 3.05) is 6.61 Å². The largest absolute Gasteiger partial charge is 0.495 e. The molecular weight excluding hydrogens is 388 g/mol. The standard InChI is InChI=1S/C23H26O7/c1-3-4-5-6-7-8-15(25)11-19(26)20-18-10-14-9-16(12-24)29-13-17(14)21(27)23(18,2)30-22(20)28/h3-8,10,13,16,18-20,24,26H,9,11-12H2,1-2H3/b4-3+,6-5+,8-7+. The Balaban J connectivity index is 1.80. The van der Waals surface area contributed by atoms with Crippen LogP contribution in [0.4, 0.5) is 0 Å². The van der Waals surface area contributed by atoms with Gasteiger partial charge in [0, 0.05) is 18.8 Å². The number of ether oxygens (including phenoxy) is 2. The van der Waals surface area contributed by atoms with E-state index in [0.29, 0.717) is 17.6 Å². The first-order chi connectivity index (χ1) is 14.3. The van der Waals surface area contributed by atoms with Crippen molar-refractivity contribution in [1.82, 2.24) is 0 Å². The Morgan fingerprint density at radius 2 is 2.03 bits per heavy atom. The van der Waals surface area contributed by atoms with Gasteiger partial charge in [-0.05, 0) is 25.5 Å². The van der Waals surface area contributed by atoms with E-state index in [1.807, 2.05) is 19.1 Å². The van der Waals surface area contributed by atoms with E-state index in [9.17, 15) is 24.6 Å². The summed E-state index contributed by atoms with van der Waals surface area (Å²) in [5.41, 5.74) is -0.487. The van der Waals surface area contributed by atoms with Gasteiger partial charge in [0.2, 0.25) is 5.78 Å². The molecule has 0 spiro atoms. The van der Waals surface area contributed by atoms with Gasteiger partial charge in [0.05, 0.1) is 30.5 Å². The lowest BCUT2D eigenvalue weighted by Gasteiger charge is -2.36. The number of carbonyl (C=O) groups excluding carboxylic acids is 3. The van der Waals surface area contributed by atoms with Crippen LogP contribution in [0.1, 0.15) is 26.7 Å². The summed E-state index contributed by atoms with van der Waals surface area (Å²) < 4.78 is 10.8. The Morgan fingerprint density at radius 3 is 2.73 bits per heavy atom. The van der Waals surface area contributed by atoms with Crippen molar-refractivity contribution in [2.24, 2.45) is 11.8 Å². The van der Waals surface area contributed by atoms with Gasteiger partial charge in [-0.25, -0.2) is 0 Å². The highest BCUT2D eigenvalue weighted by Crippen LogP contribution is 2.48. The molecule has 2 heterocycles. The molecule has 2 aliphatic heterocycles. The van der Waals surface area contributed by atoms with Crippen molar-refractivity contribution < 1.29 is 34.1 Å². The maximum Gasteiger partial charge on any atom is 0.313 e. The van der Waals surface area contributed by atoms with Crippen LogP contribution in [0.5, 0.6) is 0 Å². The fourth-order valence-corrected chi connectivity index (χ4v) is 4.09. The highest BCUT2D eigenvalue weighted by Gasteiger charge is 2.61. The Kier molecular flexibility index (Phi) is 6.53. The summed E-state index contributed by atoms with van der Waals surface area (Å²) in [6.45, 7) is 3.19. The van der Waals surface area contributed by atoms with Crippen LogP contribution >= 0.6 is 0 Å². The molecule has 0 aromatic heterocycles. The normalized spacial score (nSPS) is 31.9. The molecule has 2 N–H and O–H groups in total. The minimum atomic E-state index is -1.46. The van der Waals surface area contributed by atoms with Gasteiger partial charge in [-0.1, -0.05) is 36.5 Å². The van der Waals surface area contributed by atoms with E-state index in [-0.39, 0.29) is 18.8 Å². The molecule has 3 aliphatic rings. The Morgan fingerprint density at radius 1 is 1.30 bits per heavy atom. The Bertz CT molecular complexity index is 876. The topological polar surface area (TPSA) is 110 Å². The van der Waals surface area contributed by atoms with Crippen molar-refractivity contribution in [3.8, 4) is 0 Å². The number of ketones is 2. The van der Waals surface area contributed by atoms with E-state index in [1.165, 1.54) is 19.3 Å². The van der Waals surface area contributed by atoms with Gasteiger partial charge in [-0.3, -0.25) is 14.4 Å². The molecule has 0 radical (unpaired) electrons. The number of fused-ring (bicyclic) bond motifs is 2. The molecule has 3 rings (SSSR count). The molecule has 0 aromatic carbocycles. The zero-order valence-corrected chi connectivity index (χ0v) is 17.0. The van der Waals surface area contributed by atoms with Crippen molar-refractivity contribution in [3.63, 3.8) is 0 Å². The van der Waals surface area contributed by atoms with Crippen molar-refractivity contribution in [3.05, 3.63) is 59.9 Å². The average Bonchev–Trinajstić information content (AvgIpc) is 2.98. The first-order valence-corrected chi connectivity index (χ1v) is 9.94. The van der Waals surface area contributed by atoms with Gasteiger partial charge < -0.3 is 19.7 Å². The number of hydrogen-bond donors (Lipinski definition) is 2. The van der Waals surface area contributed by atoms with E-state index in [0.717, 1.165) is 0 Å². The van der Waals surface area contributed by atoms with E-state index >= 15 is 0 Å². The van der Waals surface area contributed by atoms with E-state index in [1.54, 1.807) is 24.3 Å². The molecule has 160 valence electrons. The van der Waals surface area contributed by atoms with Crippen LogP contribution in [0.3, 0.4) is 0 Å². The van der Waals surface area contributed by atoms with Crippen molar-refractivity contribution in [2.45, 2.75) is 44.5 Å². The lowest BCUT2D eigenvalue weighted by Crippen LogP contribution is -2.47. The quantitative estimate of drug-likeness (QED) is 0.371. The molecule has 0 saturated carbocycles. The molecule has 30 heavy (non-hydrogen) atoms. The highest BCUT2D eigenvalue weighted by molar-refractivity contribution is 6.09. The minimum Gasteiger partial charge on any atom is -0.495 e. The first kappa shape index (κ1) is 21.9. The summed E-state index contributed by atoms with van der Waals surface area (Å²) in [5, 5.41) is 20.0. The first-order valence-electron chi connectivity index (χ1n) is 9.94. The summed E-state index contributed by atoms with van der Waals surface area (Å²) in [6, 6.07) is 0. The van der Waals surface area contributed by atoms with Crippen LogP contribution in [-0.2, 0) is 23.9 Å². The molecule has 5 atom stereocenters. The van der Waals surface area contributed by atoms with Crippen LogP contribution in [-0.4, -0.2) is 52.2 Å². The zero-order valence-electron chi connectivity index (χ0n) is 17.0. The van der Waals surface area contributed by atoms with Gasteiger partial charge in [0.1, 0.15) is 6.10 Å². The SMILES string of the molecule is C/C=C/C=C/C=C/C(=O)CC(O)C1C(=O)OC2(C)C(=O)C3=COC(CO)CC3=CC12. The molecular formula is C23H26O7. The third-order valence-corrected chi connectivity index (χ3v) is 5.69. The summed E-state index contributed by atoms with van der Waals surface area (Å²) in [6.07, 6.45) is 11.3. The third-order valence-electron chi connectivity index (χ3n) is 5.69. The number of carbonyl (C=O) groups is 3. The second-order valence-electron chi connectivity index (χ2n) is 7.78. The Hall–Kier alpha value is -2.77. The van der Waals surface area contributed by atoms with E-state index in [4.69, 9.17) is 9.47 Å². The maximum absolute atomic E-state index is 13.0. The number of hydrogen-bond acceptors (Lipinski definition) is 7. The molecule has 0 amide bonds. The molecule has 7 nitrogen and oxygen atoms in total. The zero-order chi connectivity index (χ0) is 21.9. The second kappa shape index (κ2) is 8.93. The molecule has 0 bridgehead atoms. The number of esters is 1. The van der Waals surface area contributed by atoms with Gasteiger partial charge >= 0.3 is 5.97 Å². The molecule has 5 unspecified atom stereocenters. The predicted molar refractivity (Wildman–Crippen MR) is 108 cm³/mol. The highest BCUT2D eigenvalue weighted by atomic mass is 16.6. The summed E-state index contributed by atoms with van der Waals surface area (Å²) in [7, 11) is 0. The van der Waals surface area contributed by atoms with Crippen LogP contribution < -0.4 is 0 Å². The number of allylic oxidation sites excluding steroid dienone is 6. The monoisotopic (exact) mass is 414 g/mol. The predicted octanol–water partition coefficient (Wildman–Crippen LogP) is 1.72. The van der Waals surface area contributed by atoms with E-state index < -0.39 is 41.4 Å². The van der Waals surface area contributed by atoms with Gasteiger partial charge in [-0.2, -0.15) is 0 Å². The van der Waals surface area contributed by atoms with Gasteiger partial charge in [0.15, 0.2) is 11.4 Å². The lowest BCUT2D eigenvalue weighted by molar-refractivity contribution is -0.157. The third kappa shape index (κ3) is 4.08. The van der Waals surface area contributed by atoms with Crippen molar-refractivity contribution >= 4 is 17.5 Å². The molecule has 1 saturated heterocycles. The molecule has 1 fully saturated rings. The van der Waals surface area contributed by atoms with Gasteiger partial charge in [0.25, 0.3) is 0 Å². The summed E-state index contributed by atoms with van der Waals surface area (Å²) in [4.78, 5) is 37.8. The molecule has 0 aromatic rings. The maximum atomic E-state index is 13.0. The van der Waals surface area contributed by atoms with E-state index in [2.05, 4.69) is 0 Å². The minimum absolute atomic E-state index is 0.206. The number of Topliss-reactive ketones (excluding diaryl/α,β-unsaturated/α-hetero) is 1.